The lowest BCUT2D eigenvalue weighted by Crippen LogP contribution is -2.42. The van der Waals surface area contributed by atoms with Crippen LogP contribution in [0.1, 0.15) is 0 Å². The standard InChI is InChI=1S/C27H20Cl2N2O4S2/c1-35-19-12-10-18(11-13-19)30(37(33,34)20-14-15-21(28)22(29)16-20)17-27(32)31-23-6-2-4-8-25(23)36-26-9-5-3-7-24(26)31/h2-16H,17H2,1H3. The van der Waals surface area contributed by atoms with Crippen LogP contribution in [0.25, 0.3) is 0 Å². The monoisotopic (exact) mass is 570 g/mol. The lowest BCUT2D eigenvalue weighted by atomic mass is 10.2. The minimum Gasteiger partial charge on any atom is -0.497 e. The first-order valence-electron chi connectivity index (χ1n) is 11.1. The Labute approximate surface area is 229 Å². The molecule has 188 valence electrons. The van der Waals surface area contributed by atoms with Gasteiger partial charge in [0, 0.05) is 9.79 Å². The number of halogens is 2. The number of rotatable bonds is 6. The number of para-hydroxylation sites is 2. The van der Waals surface area contributed by atoms with E-state index in [2.05, 4.69) is 0 Å². The Morgan fingerprint density at radius 2 is 1.46 bits per heavy atom. The summed E-state index contributed by atoms with van der Waals surface area (Å²) in [7, 11) is -2.68. The van der Waals surface area contributed by atoms with Crippen LogP contribution in [-0.4, -0.2) is 28.0 Å². The number of nitrogens with zero attached hydrogens (tertiary/aromatic N) is 2. The molecule has 0 N–H and O–H groups in total. The van der Waals surface area contributed by atoms with Crippen LogP contribution >= 0.6 is 35.0 Å². The number of hydrogen-bond donors (Lipinski definition) is 0. The molecule has 0 saturated carbocycles. The van der Waals surface area contributed by atoms with E-state index in [1.807, 2.05) is 48.5 Å². The predicted molar refractivity (Wildman–Crippen MR) is 148 cm³/mol. The number of amides is 1. The molecule has 0 bridgehead atoms. The number of ether oxygens (including phenoxy) is 1. The summed E-state index contributed by atoms with van der Waals surface area (Å²) >= 11 is 13.7. The maximum absolute atomic E-state index is 14.0. The number of carbonyl (C=O) groups excluding carboxylic acids is 1. The second-order valence-corrected chi connectivity index (χ2v) is 11.8. The van der Waals surface area contributed by atoms with Crippen LogP contribution in [-0.2, 0) is 14.8 Å². The molecule has 10 heteroatoms. The summed E-state index contributed by atoms with van der Waals surface area (Å²) in [5, 5.41) is 0.325. The van der Waals surface area contributed by atoms with Crippen molar-refractivity contribution in [1.82, 2.24) is 0 Å². The average Bonchev–Trinajstić information content (AvgIpc) is 2.91. The van der Waals surface area contributed by atoms with Crippen LogP contribution in [0.2, 0.25) is 10.0 Å². The van der Waals surface area contributed by atoms with E-state index in [-0.39, 0.29) is 14.9 Å². The van der Waals surface area contributed by atoms with Crippen LogP contribution in [0.4, 0.5) is 17.1 Å². The van der Waals surface area contributed by atoms with Crippen molar-refractivity contribution in [3.63, 3.8) is 0 Å². The summed E-state index contributed by atoms with van der Waals surface area (Å²) in [5.74, 6) is 0.137. The summed E-state index contributed by atoms with van der Waals surface area (Å²) in [4.78, 5) is 17.3. The molecular formula is C27H20Cl2N2O4S2. The fourth-order valence-corrected chi connectivity index (χ4v) is 6.86. The summed E-state index contributed by atoms with van der Waals surface area (Å²) in [6.45, 7) is -0.456. The molecule has 1 heterocycles. The Hall–Kier alpha value is -3.17. The summed E-state index contributed by atoms with van der Waals surface area (Å²) in [6.07, 6.45) is 0. The molecule has 0 fully saturated rings. The molecular weight excluding hydrogens is 551 g/mol. The van der Waals surface area contributed by atoms with Crippen molar-refractivity contribution in [2.24, 2.45) is 0 Å². The third kappa shape index (κ3) is 4.90. The van der Waals surface area contributed by atoms with E-state index < -0.39 is 22.5 Å². The van der Waals surface area contributed by atoms with Crippen molar-refractivity contribution in [3.05, 3.63) is 101 Å². The quantitative estimate of drug-likeness (QED) is 0.249. The SMILES string of the molecule is COc1ccc(N(CC(=O)N2c3ccccc3Sc3ccccc32)S(=O)(=O)c2ccc(Cl)c(Cl)c2)cc1. The van der Waals surface area contributed by atoms with Crippen LogP contribution in [0.15, 0.2) is 106 Å². The van der Waals surface area contributed by atoms with Crippen molar-refractivity contribution < 1.29 is 17.9 Å². The number of methoxy groups -OCH3 is 1. The zero-order valence-corrected chi connectivity index (χ0v) is 22.6. The largest absolute Gasteiger partial charge is 0.497 e. The Morgan fingerprint density at radius 3 is 2.03 bits per heavy atom. The molecule has 0 atom stereocenters. The van der Waals surface area contributed by atoms with E-state index >= 15 is 0 Å². The van der Waals surface area contributed by atoms with Crippen molar-refractivity contribution in [3.8, 4) is 5.75 Å². The van der Waals surface area contributed by atoms with E-state index in [1.54, 1.807) is 40.9 Å². The van der Waals surface area contributed by atoms with Gasteiger partial charge in [-0.15, -0.1) is 0 Å². The smallest absolute Gasteiger partial charge is 0.264 e. The van der Waals surface area contributed by atoms with Gasteiger partial charge in [0.2, 0.25) is 0 Å². The minimum atomic E-state index is -4.20. The normalized spacial score (nSPS) is 12.5. The van der Waals surface area contributed by atoms with Gasteiger partial charge in [0.05, 0.1) is 39.1 Å². The van der Waals surface area contributed by atoms with Gasteiger partial charge in [-0.05, 0) is 66.7 Å². The molecule has 1 aliphatic rings. The summed E-state index contributed by atoms with van der Waals surface area (Å²) in [5.41, 5.74) is 1.68. The number of anilines is 3. The van der Waals surface area contributed by atoms with E-state index in [0.717, 1.165) is 14.1 Å². The number of fused-ring (bicyclic) bond motifs is 2. The van der Waals surface area contributed by atoms with Gasteiger partial charge < -0.3 is 4.74 Å². The molecule has 5 rings (SSSR count). The number of hydrogen-bond acceptors (Lipinski definition) is 5. The van der Waals surface area contributed by atoms with E-state index in [1.165, 1.54) is 25.3 Å². The van der Waals surface area contributed by atoms with Crippen LogP contribution in [0.5, 0.6) is 5.75 Å². The Morgan fingerprint density at radius 1 is 0.865 bits per heavy atom. The van der Waals surface area contributed by atoms with Crippen molar-refractivity contribution in [1.29, 1.82) is 0 Å². The van der Waals surface area contributed by atoms with Gasteiger partial charge in [0.15, 0.2) is 0 Å². The van der Waals surface area contributed by atoms with Gasteiger partial charge >= 0.3 is 0 Å². The van der Waals surface area contributed by atoms with E-state index in [4.69, 9.17) is 27.9 Å². The highest BCUT2D eigenvalue weighted by atomic mass is 35.5. The third-order valence-corrected chi connectivity index (χ3v) is 9.44. The average molecular weight is 572 g/mol. The van der Waals surface area contributed by atoms with E-state index in [9.17, 15) is 13.2 Å². The lowest BCUT2D eigenvalue weighted by molar-refractivity contribution is -0.116. The molecule has 0 saturated heterocycles. The number of carbonyl (C=O) groups is 1. The second kappa shape index (κ2) is 10.3. The van der Waals surface area contributed by atoms with Gasteiger partial charge in [-0.3, -0.25) is 14.0 Å². The maximum Gasteiger partial charge on any atom is 0.264 e. The highest BCUT2D eigenvalue weighted by Gasteiger charge is 2.33. The van der Waals surface area contributed by atoms with Crippen LogP contribution in [0.3, 0.4) is 0 Å². The van der Waals surface area contributed by atoms with Gasteiger partial charge in [0.1, 0.15) is 12.3 Å². The van der Waals surface area contributed by atoms with Gasteiger partial charge in [-0.2, -0.15) is 0 Å². The fourth-order valence-electron chi connectivity index (χ4n) is 3.99. The van der Waals surface area contributed by atoms with Crippen LogP contribution in [0, 0.1) is 0 Å². The minimum absolute atomic E-state index is 0.0829. The molecule has 1 amide bonds. The Kier molecular flexibility index (Phi) is 7.09. The molecule has 6 nitrogen and oxygen atoms in total. The molecule has 4 aromatic carbocycles. The highest BCUT2D eigenvalue weighted by Crippen LogP contribution is 2.48. The Bertz CT molecular complexity index is 1550. The lowest BCUT2D eigenvalue weighted by Gasteiger charge is -2.33. The van der Waals surface area contributed by atoms with Gasteiger partial charge in [-0.25, -0.2) is 8.42 Å². The molecule has 1 aliphatic heterocycles. The maximum atomic E-state index is 14.0. The number of sulfonamides is 1. The molecule has 4 aromatic rings. The number of benzene rings is 4. The zero-order valence-electron chi connectivity index (χ0n) is 19.5. The highest BCUT2D eigenvalue weighted by molar-refractivity contribution is 7.99. The molecule has 0 aromatic heterocycles. The van der Waals surface area contributed by atoms with Gasteiger partial charge in [-0.1, -0.05) is 59.2 Å². The second-order valence-electron chi connectivity index (χ2n) is 8.05. The van der Waals surface area contributed by atoms with E-state index in [0.29, 0.717) is 22.8 Å². The zero-order chi connectivity index (χ0) is 26.2. The summed E-state index contributed by atoms with van der Waals surface area (Å²) < 4.78 is 34.1. The molecule has 0 unspecified atom stereocenters. The first kappa shape index (κ1) is 25.5. The predicted octanol–water partition coefficient (Wildman–Crippen LogP) is 7.03. The van der Waals surface area contributed by atoms with Crippen molar-refractivity contribution >= 4 is 68.0 Å². The van der Waals surface area contributed by atoms with Gasteiger partial charge in [0.25, 0.3) is 15.9 Å². The van der Waals surface area contributed by atoms with Crippen LogP contribution < -0.4 is 13.9 Å². The Balaban J connectivity index is 1.60. The summed E-state index contributed by atoms with van der Waals surface area (Å²) in [6, 6.07) is 25.6. The first-order valence-corrected chi connectivity index (χ1v) is 14.1. The van der Waals surface area contributed by atoms with Crippen molar-refractivity contribution in [2.45, 2.75) is 14.7 Å². The first-order chi connectivity index (χ1) is 17.8. The molecule has 37 heavy (non-hydrogen) atoms. The molecule has 0 aliphatic carbocycles. The molecule has 0 spiro atoms. The molecule has 0 radical (unpaired) electrons. The third-order valence-electron chi connectivity index (χ3n) is 5.80. The van der Waals surface area contributed by atoms with Crippen molar-refractivity contribution in [2.75, 3.05) is 22.9 Å². The fraction of sp³-hybridized carbons (Fsp3) is 0.0741. The topological polar surface area (TPSA) is 66.9 Å².